The summed E-state index contributed by atoms with van der Waals surface area (Å²) in [6, 6.07) is 3.47. The summed E-state index contributed by atoms with van der Waals surface area (Å²) in [5, 5.41) is 4.08. The van der Waals surface area contributed by atoms with Crippen LogP contribution in [0.5, 0.6) is 0 Å². The lowest BCUT2D eigenvalue weighted by Gasteiger charge is -2.04. The Kier molecular flexibility index (Phi) is 2.64. The molecule has 0 bridgehead atoms. The van der Waals surface area contributed by atoms with Gasteiger partial charge in [0.15, 0.2) is 11.6 Å². The van der Waals surface area contributed by atoms with E-state index in [-0.39, 0.29) is 5.78 Å². The SMILES string of the molecule is CC(=O)c1cccnc1-n1cc(Br)cn1. The Morgan fingerprint density at radius 3 is 2.93 bits per heavy atom. The Balaban J connectivity index is 2.57. The molecule has 0 radical (unpaired) electrons. The van der Waals surface area contributed by atoms with E-state index in [0.29, 0.717) is 11.4 Å². The molecule has 0 saturated heterocycles. The van der Waals surface area contributed by atoms with Gasteiger partial charge in [-0.1, -0.05) is 0 Å². The molecule has 0 aliphatic rings. The molecule has 0 amide bonds. The first kappa shape index (κ1) is 10.0. The molecule has 0 aromatic carbocycles. The third kappa shape index (κ3) is 1.97. The molecule has 0 unspecified atom stereocenters. The number of hydrogen-bond acceptors (Lipinski definition) is 3. The van der Waals surface area contributed by atoms with E-state index in [1.807, 2.05) is 0 Å². The number of ketones is 1. The number of carbonyl (C=O) groups excluding carboxylic acids is 1. The van der Waals surface area contributed by atoms with E-state index >= 15 is 0 Å². The maximum Gasteiger partial charge on any atom is 0.164 e. The van der Waals surface area contributed by atoms with Gasteiger partial charge >= 0.3 is 0 Å². The zero-order valence-corrected chi connectivity index (χ0v) is 9.60. The molecular formula is C10H8BrN3O. The molecule has 0 atom stereocenters. The van der Waals surface area contributed by atoms with Crippen LogP contribution in [0.25, 0.3) is 5.82 Å². The Morgan fingerprint density at radius 1 is 1.53 bits per heavy atom. The Hall–Kier alpha value is -1.49. The molecule has 4 nitrogen and oxygen atoms in total. The average Bonchev–Trinajstić information content (AvgIpc) is 2.65. The lowest BCUT2D eigenvalue weighted by molar-refractivity contribution is 0.101. The van der Waals surface area contributed by atoms with Crippen LogP contribution in [-0.2, 0) is 0 Å². The first-order chi connectivity index (χ1) is 7.18. The molecule has 0 fully saturated rings. The molecule has 0 aliphatic carbocycles. The molecule has 5 heteroatoms. The lowest BCUT2D eigenvalue weighted by atomic mass is 10.2. The highest BCUT2D eigenvalue weighted by Crippen LogP contribution is 2.14. The maximum absolute atomic E-state index is 11.4. The van der Waals surface area contributed by atoms with Gasteiger partial charge in [0, 0.05) is 12.4 Å². The number of nitrogens with zero attached hydrogens (tertiary/aromatic N) is 3. The minimum Gasteiger partial charge on any atom is -0.294 e. The molecule has 2 heterocycles. The predicted octanol–water partition coefficient (Wildman–Crippen LogP) is 2.23. The third-order valence-electron chi connectivity index (χ3n) is 1.93. The second-order valence-corrected chi connectivity index (χ2v) is 3.95. The quantitative estimate of drug-likeness (QED) is 0.783. The van der Waals surface area contributed by atoms with E-state index in [9.17, 15) is 4.79 Å². The largest absolute Gasteiger partial charge is 0.294 e. The first-order valence-electron chi connectivity index (χ1n) is 4.35. The number of aromatic nitrogens is 3. The summed E-state index contributed by atoms with van der Waals surface area (Å²) in [6.07, 6.45) is 5.05. The Bertz CT molecular complexity index is 507. The topological polar surface area (TPSA) is 47.8 Å². The minimum atomic E-state index is -0.0234. The van der Waals surface area contributed by atoms with Crippen molar-refractivity contribution >= 4 is 21.7 Å². The fraction of sp³-hybridized carbons (Fsp3) is 0.100. The van der Waals surface area contributed by atoms with Crippen molar-refractivity contribution < 1.29 is 4.79 Å². The van der Waals surface area contributed by atoms with Gasteiger partial charge in [-0.3, -0.25) is 4.79 Å². The fourth-order valence-corrected chi connectivity index (χ4v) is 1.56. The maximum atomic E-state index is 11.4. The highest BCUT2D eigenvalue weighted by atomic mass is 79.9. The number of Topliss-reactive ketones (excluding diaryl/α,β-unsaturated/α-hetero) is 1. The summed E-state index contributed by atoms with van der Waals surface area (Å²) < 4.78 is 2.42. The van der Waals surface area contributed by atoms with Gasteiger partial charge in [0.25, 0.3) is 0 Å². The van der Waals surface area contributed by atoms with Gasteiger partial charge in [-0.05, 0) is 35.0 Å². The molecule has 0 N–H and O–H groups in total. The van der Waals surface area contributed by atoms with Crippen LogP contribution < -0.4 is 0 Å². The predicted molar refractivity (Wildman–Crippen MR) is 59.1 cm³/mol. The molecule has 15 heavy (non-hydrogen) atoms. The molecule has 2 rings (SSSR count). The normalized spacial score (nSPS) is 10.3. The Morgan fingerprint density at radius 2 is 2.33 bits per heavy atom. The van der Waals surface area contributed by atoms with Crippen molar-refractivity contribution in [3.63, 3.8) is 0 Å². The second-order valence-electron chi connectivity index (χ2n) is 3.03. The molecule has 0 saturated carbocycles. The summed E-state index contributed by atoms with van der Waals surface area (Å²) in [4.78, 5) is 15.5. The minimum absolute atomic E-state index is 0.0234. The monoisotopic (exact) mass is 265 g/mol. The van der Waals surface area contributed by atoms with Crippen molar-refractivity contribution in [2.24, 2.45) is 0 Å². The van der Waals surface area contributed by atoms with Crippen molar-refractivity contribution in [2.45, 2.75) is 6.92 Å². The van der Waals surface area contributed by atoms with Crippen molar-refractivity contribution in [3.05, 3.63) is 40.8 Å². The van der Waals surface area contributed by atoms with E-state index in [2.05, 4.69) is 26.0 Å². The van der Waals surface area contributed by atoms with E-state index in [1.54, 1.807) is 35.4 Å². The van der Waals surface area contributed by atoms with E-state index in [4.69, 9.17) is 0 Å². The van der Waals surface area contributed by atoms with Crippen LogP contribution in [0.15, 0.2) is 35.2 Å². The number of carbonyl (C=O) groups is 1. The highest BCUT2D eigenvalue weighted by molar-refractivity contribution is 9.10. The van der Waals surface area contributed by atoms with Gasteiger partial charge in [0.05, 0.1) is 16.2 Å². The average molecular weight is 266 g/mol. The van der Waals surface area contributed by atoms with Gasteiger partial charge in [0.2, 0.25) is 0 Å². The molecule has 2 aromatic heterocycles. The molecule has 2 aromatic rings. The highest BCUT2D eigenvalue weighted by Gasteiger charge is 2.10. The first-order valence-corrected chi connectivity index (χ1v) is 5.14. The molecular weight excluding hydrogens is 258 g/mol. The van der Waals surface area contributed by atoms with Gasteiger partial charge in [-0.2, -0.15) is 5.10 Å². The van der Waals surface area contributed by atoms with Crippen LogP contribution in [0.1, 0.15) is 17.3 Å². The fourth-order valence-electron chi connectivity index (χ4n) is 1.27. The van der Waals surface area contributed by atoms with Crippen molar-refractivity contribution in [1.82, 2.24) is 14.8 Å². The van der Waals surface area contributed by atoms with E-state index in [0.717, 1.165) is 4.47 Å². The van der Waals surface area contributed by atoms with Gasteiger partial charge in [-0.25, -0.2) is 9.67 Å². The summed E-state index contributed by atoms with van der Waals surface area (Å²) in [5.74, 6) is 0.528. The van der Waals surface area contributed by atoms with E-state index < -0.39 is 0 Å². The summed E-state index contributed by atoms with van der Waals surface area (Å²) in [5.41, 5.74) is 0.563. The van der Waals surface area contributed by atoms with Crippen molar-refractivity contribution in [3.8, 4) is 5.82 Å². The van der Waals surface area contributed by atoms with Crippen LogP contribution in [0.2, 0.25) is 0 Å². The zero-order valence-electron chi connectivity index (χ0n) is 8.01. The van der Waals surface area contributed by atoms with Crippen LogP contribution in [-0.4, -0.2) is 20.5 Å². The van der Waals surface area contributed by atoms with Crippen LogP contribution in [0.3, 0.4) is 0 Å². The number of pyridine rings is 1. The summed E-state index contributed by atoms with van der Waals surface area (Å²) >= 11 is 3.29. The molecule has 0 spiro atoms. The second kappa shape index (κ2) is 3.94. The summed E-state index contributed by atoms with van der Waals surface area (Å²) in [6.45, 7) is 1.51. The third-order valence-corrected chi connectivity index (χ3v) is 2.34. The molecule has 0 aliphatic heterocycles. The number of halogens is 1. The van der Waals surface area contributed by atoms with Crippen LogP contribution >= 0.6 is 15.9 Å². The molecule has 76 valence electrons. The smallest absolute Gasteiger partial charge is 0.164 e. The number of hydrogen-bond donors (Lipinski definition) is 0. The standard InChI is InChI=1S/C10H8BrN3O/c1-7(15)9-3-2-4-12-10(9)14-6-8(11)5-13-14/h2-6H,1H3. The Labute approximate surface area is 95.1 Å². The van der Waals surface area contributed by atoms with Crippen molar-refractivity contribution in [2.75, 3.05) is 0 Å². The van der Waals surface area contributed by atoms with Crippen molar-refractivity contribution in [1.29, 1.82) is 0 Å². The zero-order chi connectivity index (χ0) is 10.8. The van der Waals surface area contributed by atoms with Gasteiger partial charge < -0.3 is 0 Å². The van der Waals surface area contributed by atoms with E-state index in [1.165, 1.54) is 6.92 Å². The summed E-state index contributed by atoms with van der Waals surface area (Å²) in [7, 11) is 0. The van der Waals surface area contributed by atoms with Crippen LogP contribution in [0.4, 0.5) is 0 Å². The lowest BCUT2D eigenvalue weighted by Crippen LogP contribution is -2.05. The van der Waals surface area contributed by atoms with Gasteiger partial charge in [-0.15, -0.1) is 0 Å². The number of rotatable bonds is 2. The van der Waals surface area contributed by atoms with Gasteiger partial charge in [0.1, 0.15) is 0 Å². The van der Waals surface area contributed by atoms with Crippen LogP contribution in [0, 0.1) is 0 Å².